The average molecular weight is 387 g/mol. The molecule has 7 nitrogen and oxygen atoms in total. The van der Waals surface area contributed by atoms with Crippen molar-refractivity contribution in [1.82, 2.24) is 24.5 Å². The first-order valence-electron chi connectivity index (χ1n) is 10.9. The molecule has 1 unspecified atom stereocenters. The molecule has 1 saturated heterocycles. The van der Waals surface area contributed by atoms with E-state index in [1.807, 2.05) is 6.20 Å². The number of aromatic amines is 1. The highest BCUT2D eigenvalue weighted by molar-refractivity contribution is 5.62. The van der Waals surface area contributed by atoms with Crippen molar-refractivity contribution in [3.8, 4) is 0 Å². The molecule has 1 aliphatic carbocycles. The predicted molar refractivity (Wildman–Crippen MR) is 112 cm³/mol. The highest BCUT2D eigenvalue weighted by Gasteiger charge is 2.31. The maximum atomic E-state index is 12.3. The van der Waals surface area contributed by atoms with Gasteiger partial charge in [-0.15, -0.1) is 5.10 Å². The molecule has 28 heavy (non-hydrogen) atoms. The Morgan fingerprint density at radius 2 is 1.79 bits per heavy atom. The summed E-state index contributed by atoms with van der Waals surface area (Å²) in [5.74, 6) is 1.35. The molecular weight excluding hydrogens is 352 g/mol. The van der Waals surface area contributed by atoms with Crippen molar-refractivity contribution in [1.29, 1.82) is 0 Å². The van der Waals surface area contributed by atoms with Crippen molar-refractivity contribution in [3.63, 3.8) is 0 Å². The molecule has 2 N–H and O–H groups in total. The van der Waals surface area contributed by atoms with E-state index in [2.05, 4.69) is 41.2 Å². The van der Waals surface area contributed by atoms with Crippen molar-refractivity contribution >= 4 is 11.5 Å². The Kier molecular flexibility index (Phi) is 5.45. The Hall–Kier alpha value is -1.89. The van der Waals surface area contributed by atoms with Crippen LogP contribution in [0.5, 0.6) is 0 Å². The Morgan fingerprint density at radius 3 is 2.46 bits per heavy atom. The van der Waals surface area contributed by atoms with Crippen molar-refractivity contribution in [2.75, 3.05) is 18.4 Å². The number of fused-ring (bicyclic) bond motifs is 1. The topological polar surface area (TPSA) is 78.3 Å². The van der Waals surface area contributed by atoms with Gasteiger partial charge < -0.3 is 5.32 Å². The number of rotatable bonds is 4. The van der Waals surface area contributed by atoms with Gasteiger partial charge >= 0.3 is 5.69 Å². The summed E-state index contributed by atoms with van der Waals surface area (Å²) in [6, 6.07) is 0. The van der Waals surface area contributed by atoms with Crippen molar-refractivity contribution in [2.24, 2.45) is 5.92 Å². The van der Waals surface area contributed by atoms with Crippen LogP contribution in [0.3, 0.4) is 0 Å². The van der Waals surface area contributed by atoms with Gasteiger partial charge in [0, 0.05) is 24.7 Å². The summed E-state index contributed by atoms with van der Waals surface area (Å²) in [6.07, 6.45) is 12.4. The summed E-state index contributed by atoms with van der Waals surface area (Å²) >= 11 is 0. The van der Waals surface area contributed by atoms with Crippen LogP contribution in [-0.2, 0) is 5.41 Å². The standard InChI is InChI=1S/C21H34N6O/c1-21(2,3)16-14-27-19(24-25-20(27)28)17(22-16)23-18(15-10-6-4-7-11-15)26-12-8-5-9-13-26/h14-15,18H,4-13H2,1-3H3,(H,22,23)(H,25,28). The van der Waals surface area contributed by atoms with E-state index in [4.69, 9.17) is 4.98 Å². The first-order valence-corrected chi connectivity index (χ1v) is 10.9. The maximum absolute atomic E-state index is 12.3. The number of hydrogen-bond acceptors (Lipinski definition) is 5. The molecule has 1 saturated carbocycles. The van der Waals surface area contributed by atoms with E-state index in [9.17, 15) is 4.79 Å². The maximum Gasteiger partial charge on any atom is 0.347 e. The molecule has 2 aliphatic rings. The van der Waals surface area contributed by atoms with Crippen LogP contribution in [0.1, 0.15) is 77.8 Å². The fraction of sp³-hybridized carbons (Fsp3) is 0.762. The van der Waals surface area contributed by atoms with Gasteiger partial charge in [-0.05, 0) is 31.6 Å². The van der Waals surface area contributed by atoms with E-state index >= 15 is 0 Å². The van der Waals surface area contributed by atoms with Crippen LogP contribution >= 0.6 is 0 Å². The Labute approximate surface area is 166 Å². The molecule has 2 fully saturated rings. The molecule has 3 heterocycles. The lowest BCUT2D eigenvalue weighted by Gasteiger charge is -2.41. The molecule has 0 spiro atoms. The van der Waals surface area contributed by atoms with Crippen LogP contribution in [0.15, 0.2) is 11.0 Å². The number of nitrogens with zero attached hydrogens (tertiary/aromatic N) is 4. The van der Waals surface area contributed by atoms with Crippen LogP contribution in [0.2, 0.25) is 0 Å². The highest BCUT2D eigenvalue weighted by Crippen LogP contribution is 2.32. The van der Waals surface area contributed by atoms with E-state index in [-0.39, 0.29) is 17.3 Å². The average Bonchev–Trinajstić information content (AvgIpc) is 3.08. The summed E-state index contributed by atoms with van der Waals surface area (Å²) < 4.78 is 1.60. The first kappa shape index (κ1) is 19.4. The second kappa shape index (κ2) is 7.85. The number of H-pyrrole nitrogens is 1. The fourth-order valence-corrected chi connectivity index (χ4v) is 4.67. The van der Waals surface area contributed by atoms with Gasteiger partial charge in [0.15, 0.2) is 5.82 Å². The molecule has 154 valence electrons. The minimum Gasteiger partial charge on any atom is -0.351 e. The second-order valence-electron chi connectivity index (χ2n) is 9.53. The molecule has 0 bridgehead atoms. The van der Waals surface area contributed by atoms with Crippen LogP contribution in [0.4, 0.5) is 5.82 Å². The molecule has 0 amide bonds. The Balaban J connectivity index is 1.72. The van der Waals surface area contributed by atoms with Crippen LogP contribution in [-0.4, -0.2) is 43.7 Å². The smallest absolute Gasteiger partial charge is 0.347 e. The van der Waals surface area contributed by atoms with Gasteiger partial charge in [0.25, 0.3) is 0 Å². The minimum absolute atomic E-state index is 0.146. The monoisotopic (exact) mass is 386 g/mol. The van der Waals surface area contributed by atoms with E-state index in [0.29, 0.717) is 11.6 Å². The molecular formula is C21H34N6O. The quantitative estimate of drug-likeness (QED) is 0.841. The van der Waals surface area contributed by atoms with Gasteiger partial charge in [0.1, 0.15) is 0 Å². The minimum atomic E-state index is -0.210. The van der Waals surface area contributed by atoms with Gasteiger partial charge in [0.2, 0.25) is 5.65 Å². The zero-order chi connectivity index (χ0) is 19.7. The normalized spacial score (nSPS) is 21.1. The largest absolute Gasteiger partial charge is 0.351 e. The third-order valence-electron chi connectivity index (χ3n) is 6.33. The number of piperidine rings is 1. The Bertz CT molecular complexity index is 834. The van der Waals surface area contributed by atoms with Gasteiger partial charge in [-0.1, -0.05) is 46.5 Å². The lowest BCUT2D eigenvalue weighted by Crippen LogP contribution is -2.49. The lowest BCUT2D eigenvalue weighted by molar-refractivity contribution is 0.114. The molecule has 2 aromatic rings. The van der Waals surface area contributed by atoms with Gasteiger partial charge in [0.05, 0.1) is 11.9 Å². The molecule has 7 heteroatoms. The van der Waals surface area contributed by atoms with Crippen molar-refractivity contribution in [2.45, 2.75) is 83.7 Å². The molecule has 1 aliphatic heterocycles. The third-order valence-corrected chi connectivity index (χ3v) is 6.33. The van der Waals surface area contributed by atoms with Crippen molar-refractivity contribution in [3.05, 3.63) is 22.4 Å². The Morgan fingerprint density at radius 1 is 1.11 bits per heavy atom. The zero-order valence-electron chi connectivity index (χ0n) is 17.5. The first-order chi connectivity index (χ1) is 13.4. The number of hydrogen-bond donors (Lipinski definition) is 2. The van der Waals surface area contributed by atoms with E-state index in [0.717, 1.165) is 24.6 Å². The van der Waals surface area contributed by atoms with Gasteiger partial charge in [-0.3, -0.25) is 4.90 Å². The van der Waals surface area contributed by atoms with Crippen LogP contribution in [0, 0.1) is 5.92 Å². The lowest BCUT2D eigenvalue weighted by atomic mass is 9.86. The van der Waals surface area contributed by atoms with Crippen LogP contribution in [0.25, 0.3) is 5.65 Å². The predicted octanol–water partition coefficient (Wildman–Crippen LogP) is 3.52. The van der Waals surface area contributed by atoms with E-state index in [1.54, 1.807) is 4.40 Å². The summed E-state index contributed by atoms with van der Waals surface area (Å²) in [4.78, 5) is 19.8. The molecule has 0 aromatic carbocycles. The molecule has 2 aromatic heterocycles. The second-order valence-corrected chi connectivity index (χ2v) is 9.53. The summed E-state index contributed by atoms with van der Waals surface area (Å²) in [6.45, 7) is 8.64. The highest BCUT2D eigenvalue weighted by atomic mass is 16.1. The summed E-state index contributed by atoms with van der Waals surface area (Å²) in [5, 5.41) is 10.6. The summed E-state index contributed by atoms with van der Waals surface area (Å²) in [5.41, 5.74) is 1.13. The van der Waals surface area contributed by atoms with Crippen molar-refractivity contribution < 1.29 is 0 Å². The molecule has 4 rings (SSSR count). The van der Waals surface area contributed by atoms with E-state index < -0.39 is 0 Å². The third kappa shape index (κ3) is 3.95. The summed E-state index contributed by atoms with van der Waals surface area (Å²) in [7, 11) is 0. The van der Waals surface area contributed by atoms with Gasteiger partial charge in [-0.25, -0.2) is 19.3 Å². The van der Waals surface area contributed by atoms with Crippen LogP contribution < -0.4 is 11.0 Å². The molecule has 0 radical (unpaired) electrons. The molecule has 1 atom stereocenters. The number of anilines is 1. The number of aromatic nitrogens is 4. The number of likely N-dealkylation sites (tertiary alicyclic amines) is 1. The number of nitrogens with one attached hydrogen (secondary N) is 2. The SMILES string of the molecule is CC(C)(C)c1cn2c(=O)[nH]nc2c(NC(C2CCCCC2)N2CCCCC2)n1. The zero-order valence-corrected chi connectivity index (χ0v) is 17.5. The van der Waals surface area contributed by atoms with Gasteiger partial charge in [-0.2, -0.15) is 0 Å². The fourth-order valence-electron chi connectivity index (χ4n) is 4.67. The van der Waals surface area contributed by atoms with E-state index in [1.165, 1.54) is 51.4 Å².